The van der Waals surface area contributed by atoms with Gasteiger partial charge < -0.3 is 42.0 Å². The fourth-order valence-corrected chi connectivity index (χ4v) is 19.0. The Morgan fingerprint density at radius 3 is 1.43 bits per heavy atom. The number of carboxylic acids is 1. The first-order chi connectivity index (χ1) is 51.1. The van der Waals surface area contributed by atoms with Crippen LogP contribution in [0.15, 0.2) is 89.9 Å². The molecule has 26 nitrogen and oxygen atoms in total. The van der Waals surface area contributed by atoms with Gasteiger partial charge in [-0.25, -0.2) is 42.7 Å². The SMILES string of the molecule is COC(=O)N1c2ccc3c(nc(CCc4nc(C)co4)n3C3CCC(C(=O)O)CC3)c2CC[C@@H]1C.COC(=O)N1c2ccc3c(nc(CCn4nccn4)n3C3CCS(=O)(=O)CC3)c2CC[C@@H]1C.COC(=O)N1c2ccc3c(nc(Cc4ccc5c(ccn5C)c4)n3C3CCC(C(C)=O)CC3)c2CC[C@@H]1C. The summed E-state index contributed by atoms with van der Waals surface area (Å²) in [4.78, 5) is 88.0. The Hall–Kier alpha value is -9.92. The highest BCUT2D eigenvalue weighted by Gasteiger charge is 2.38. The molecular weight excluding hydrogens is 1370 g/mol. The van der Waals surface area contributed by atoms with E-state index in [0.29, 0.717) is 69.2 Å². The lowest BCUT2D eigenvalue weighted by molar-refractivity contribution is -0.143. The van der Waals surface area contributed by atoms with Gasteiger partial charge in [-0.3, -0.25) is 24.3 Å². The molecule has 1 saturated heterocycles. The Morgan fingerprint density at radius 2 is 0.981 bits per heavy atom. The number of methoxy groups -OCH3 is 3. The second-order valence-corrected chi connectivity index (χ2v) is 32.1. The van der Waals surface area contributed by atoms with E-state index in [9.17, 15) is 37.5 Å². The number of hydrogen-bond donors (Lipinski definition) is 1. The molecule has 0 spiro atoms. The van der Waals surface area contributed by atoms with Crippen molar-refractivity contribution in [1.82, 2.24) is 53.2 Å². The molecule has 10 aromatic rings. The van der Waals surface area contributed by atoms with Gasteiger partial charge in [-0.15, -0.1) is 0 Å². The molecule has 4 aliphatic heterocycles. The largest absolute Gasteiger partial charge is 0.481 e. The van der Waals surface area contributed by atoms with Gasteiger partial charge in [-0.1, -0.05) is 6.07 Å². The standard InChI is InChI=1S/C31H36N4O3.C26H32N4O5.C22H28N6O4S/c1-19-5-11-25-27(34(19)31(37)38-4)13-14-28-30(25)32-29(35(28)24-9-7-22(8-10-24)20(2)36)18-21-6-12-26-23(17-21)15-16-33(26)3;1-15-14-35-23(27-15)13-12-22-28-24-19-9-4-16(2)29(26(33)34-3)20(19)10-11-21(24)30(22)18-7-5-17(6-8-18)25(31)32;1-15-3-4-17-18(27(15)22(29)32-2)5-6-19-21(17)25-20(7-12-26-23-10-11-24-26)28(19)16-8-13-33(30,31)14-9-16/h6,12-17,19,22,24H,5,7-11,18H2,1-4H3;10-11,14,16-18H,4-9,12-13H2,1-3H3,(H,31,32);5-6,10-11,15-16H,3-4,7-9,12-14H2,1-2H3/t19-,22?,24?;16-,17?,18?;15-/m000/s1. The number of carbonyl (C=O) groups is 5. The molecule has 27 heteroatoms. The number of Topliss-reactive ketones (excluding diaryl/α,β-unsaturated/α-hetero) is 1. The number of anilines is 3. The molecular formula is C79H96N14O12S. The number of carboxylic acid groups (broad SMARTS) is 1. The number of amides is 3. The number of aryl methyl sites for hydroxylation is 9. The van der Waals surface area contributed by atoms with Crippen molar-refractivity contribution < 1.29 is 56.1 Å². The molecule has 0 bridgehead atoms. The Kier molecular flexibility index (Phi) is 21.0. The molecule has 4 aromatic carbocycles. The summed E-state index contributed by atoms with van der Waals surface area (Å²) in [6, 6.07) is 21.8. The van der Waals surface area contributed by atoms with Crippen LogP contribution in [0.3, 0.4) is 0 Å². The van der Waals surface area contributed by atoms with Crippen molar-refractivity contribution in [3.05, 3.63) is 137 Å². The van der Waals surface area contributed by atoms with Gasteiger partial charge in [0.25, 0.3) is 0 Å². The van der Waals surface area contributed by atoms with E-state index >= 15 is 0 Å². The number of imidazole rings is 3. The fraction of sp³-hybridized carbons (Fsp3) is 0.506. The van der Waals surface area contributed by atoms with Crippen molar-refractivity contribution in [3.63, 3.8) is 0 Å². The van der Waals surface area contributed by atoms with E-state index in [0.717, 1.165) is 173 Å². The van der Waals surface area contributed by atoms with Gasteiger partial charge >= 0.3 is 24.2 Å². The molecule has 10 heterocycles. The van der Waals surface area contributed by atoms with E-state index in [2.05, 4.69) is 96.1 Å². The van der Waals surface area contributed by atoms with E-state index in [4.69, 9.17) is 33.6 Å². The highest BCUT2D eigenvalue weighted by Crippen LogP contribution is 2.45. The molecule has 6 aliphatic rings. The van der Waals surface area contributed by atoms with Crippen LogP contribution in [-0.2, 0) is 92.2 Å². The molecule has 6 aromatic heterocycles. The zero-order chi connectivity index (χ0) is 74.4. The van der Waals surface area contributed by atoms with Crippen LogP contribution in [0.25, 0.3) is 44.0 Å². The summed E-state index contributed by atoms with van der Waals surface area (Å²) >= 11 is 0. The second-order valence-electron chi connectivity index (χ2n) is 29.8. The third kappa shape index (κ3) is 14.4. The van der Waals surface area contributed by atoms with Crippen LogP contribution >= 0.6 is 0 Å². The number of nitrogens with zero attached hydrogens (tertiary/aromatic N) is 14. The minimum absolute atomic E-state index is 0.0402. The van der Waals surface area contributed by atoms with Crippen LogP contribution in [-0.4, -0.2) is 148 Å². The smallest absolute Gasteiger partial charge is 0.414 e. The molecule has 3 fully saturated rings. The van der Waals surface area contributed by atoms with Crippen molar-refractivity contribution in [3.8, 4) is 0 Å². The van der Waals surface area contributed by atoms with Crippen molar-refractivity contribution >= 4 is 101 Å². The first kappa shape index (κ1) is 73.0. The Bertz CT molecular complexity index is 5060. The van der Waals surface area contributed by atoms with Gasteiger partial charge in [0, 0.05) is 103 Å². The molecule has 0 radical (unpaired) electrons. The molecule has 3 amide bonds. The molecule has 2 aliphatic carbocycles. The monoisotopic (exact) mass is 1460 g/mol. The number of sulfone groups is 1. The van der Waals surface area contributed by atoms with Crippen molar-refractivity contribution in [2.24, 2.45) is 18.9 Å². The number of ether oxygens (including phenoxy) is 3. The summed E-state index contributed by atoms with van der Waals surface area (Å²) in [6.45, 7) is 10.3. The van der Waals surface area contributed by atoms with Crippen LogP contribution in [0, 0.1) is 18.8 Å². The minimum Gasteiger partial charge on any atom is -0.481 e. The van der Waals surface area contributed by atoms with Gasteiger partial charge in [-0.2, -0.15) is 15.0 Å². The number of carbonyl (C=O) groups excluding carboxylic acids is 4. The maximum Gasteiger partial charge on any atom is 0.414 e. The summed E-state index contributed by atoms with van der Waals surface area (Å²) in [6.07, 6.45) is 21.6. The molecule has 2 saturated carbocycles. The fourth-order valence-electron chi connectivity index (χ4n) is 17.5. The first-order valence-corrected chi connectivity index (χ1v) is 39.3. The van der Waals surface area contributed by atoms with Crippen LogP contribution in [0.2, 0.25) is 0 Å². The van der Waals surface area contributed by atoms with E-state index in [1.165, 1.54) is 37.8 Å². The zero-order valence-electron chi connectivity index (χ0n) is 62.1. The second kappa shape index (κ2) is 30.5. The van der Waals surface area contributed by atoms with Crippen molar-refractivity contribution in [2.75, 3.05) is 47.5 Å². The van der Waals surface area contributed by atoms with E-state index in [1.807, 2.05) is 39.0 Å². The Balaban J connectivity index is 0.000000134. The van der Waals surface area contributed by atoms with Gasteiger partial charge in [0.1, 0.15) is 39.4 Å². The minimum atomic E-state index is -2.98. The van der Waals surface area contributed by atoms with Crippen LogP contribution in [0.1, 0.15) is 181 Å². The summed E-state index contributed by atoms with van der Waals surface area (Å²) in [5.74, 6) is 3.46. The number of rotatable bonds is 13. The number of aliphatic carboxylic acids is 1. The Labute approximate surface area is 616 Å². The average Bonchev–Trinajstić information content (AvgIpc) is 1.31. The maximum absolute atomic E-state index is 12.7. The third-order valence-corrected chi connectivity index (χ3v) is 24.9. The topological polar surface area (TPSA) is 292 Å². The Morgan fingerprint density at radius 1 is 0.538 bits per heavy atom. The molecule has 16 rings (SSSR count). The lowest BCUT2D eigenvalue weighted by Gasteiger charge is -2.34. The predicted octanol–water partition coefficient (Wildman–Crippen LogP) is 13.7. The summed E-state index contributed by atoms with van der Waals surface area (Å²) in [5.41, 5.74) is 15.1. The van der Waals surface area contributed by atoms with Gasteiger partial charge in [0.2, 0.25) is 0 Å². The van der Waals surface area contributed by atoms with Crippen molar-refractivity contribution in [1.29, 1.82) is 0 Å². The number of aromatic nitrogens is 11. The summed E-state index contributed by atoms with van der Waals surface area (Å²) < 4.78 is 54.0. The number of hydrogen-bond acceptors (Lipinski definition) is 17. The number of fused-ring (bicyclic) bond motifs is 10. The van der Waals surface area contributed by atoms with Gasteiger partial charge in [0.15, 0.2) is 5.89 Å². The van der Waals surface area contributed by atoms with E-state index in [-0.39, 0.29) is 71.8 Å². The van der Waals surface area contributed by atoms with Crippen LogP contribution in [0.5, 0.6) is 0 Å². The van der Waals surface area contributed by atoms with E-state index < -0.39 is 15.8 Å². The molecule has 106 heavy (non-hydrogen) atoms. The highest BCUT2D eigenvalue weighted by molar-refractivity contribution is 7.91. The maximum atomic E-state index is 12.7. The quantitative estimate of drug-likeness (QED) is 0.105. The summed E-state index contributed by atoms with van der Waals surface area (Å²) in [5, 5.41) is 19.1. The lowest BCUT2D eigenvalue weighted by atomic mass is 9.83. The van der Waals surface area contributed by atoms with Crippen LogP contribution in [0.4, 0.5) is 31.4 Å². The molecule has 560 valence electrons. The number of oxazole rings is 1. The zero-order valence-corrected chi connectivity index (χ0v) is 62.9. The molecule has 0 unspecified atom stereocenters. The van der Waals surface area contributed by atoms with Gasteiger partial charge in [0.05, 0.1) is 114 Å². The average molecular weight is 1470 g/mol. The van der Waals surface area contributed by atoms with E-state index in [1.54, 1.807) is 45.1 Å². The van der Waals surface area contributed by atoms with Gasteiger partial charge in [-0.05, 0) is 203 Å². The predicted molar refractivity (Wildman–Crippen MR) is 403 cm³/mol. The molecule has 3 atom stereocenters. The first-order valence-electron chi connectivity index (χ1n) is 37.5. The van der Waals surface area contributed by atoms with Crippen molar-refractivity contribution in [2.45, 2.75) is 206 Å². The number of benzene rings is 4. The molecule has 1 N–H and O–H groups in total. The summed E-state index contributed by atoms with van der Waals surface area (Å²) in [7, 11) is 3.34. The lowest BCUT2D eigenvalue weighted by Crippen LogP contribution is -2.42. The number of ketones is 1. The highest BCUT2D eigenvalue weighted by atomic mass is 32.2. The third-order valence-electron chi connectivity index (χ3n) is 23.2. The van der Waals surface area contributed by atoms with Crippen LogP contribution < -0.4 is 14.7 Å². The normalized spacial score (nSPS) is 21.5.